The second-order valence-electron chi connectivity index (χ2n) is 4.27. The van der Waals surface area contributed by atoms with Crippen molar-refractivity contribution in [2.75, 3.05) is 0 Å². The standard InChI is InChI=1S/C14H9FN4O/c1-19-8-9(7-16)5-12(19)14-17-13(18-20-14)10-3-2-4-11(15)6-10/h2-6,8H,1H3. The molecule has 2 heterocycles. The maximum atomic E-state index is 13.2. The van der Waals surface area contributed by atoms with E-state index < -0.39 is 0 Å². The number of hydrogen-bond donors (Lipinski definition) is 0. The van der Waals surface area contributed by atoms with E-state index in [1.54, 1.807) is 36.0 Å². The summed E-state index contributed by atoms with van der Waals surface area (Å²) in [5, 5.41) is 12.7. The first-order valence-electron chi connectivity index (χ1n) is 5.84. The van der Waals surface area contributed by atoms with Crippen LogP contribution < -0.4 is 0 Å². The summed E-state index contributed by atoms with van der Waals surface area (Å²) in [4.78, 5) is 4.23. The van der Waals surface area contributed by atoms with E-state index in [9.17, 15) is 4.39 Å². The number of hydrogen-bond acceptors (Lipinski definition) is 4. The molecule has 0 amide bonds. The Bertz CT molecular complexity index is 813. The summed E-state index contributed by atoms with van der Waals surface area (Å²) in [6, 6.07) is 9.66. The van der Waals surface area contributed by atoms with Crippen LogP contribution in [0.4, 0.5) is 4.39 Å². The Morgan fingerprint density at radius 2 is 2.20 bits per heavy atom. The van der Waals surface area contributed by atoms with E-state index in [4.69, 9.17) is 9.78 Å². The summed E-state index contributed by atoms with van der Waals surface area (Å²) in [5.41, 5.74) is 1.68. The van der Waals surface area contributed by atoms with Crippen molar-refractivity contribution in [2.24, 2.45) is 7.05 Å². The van der Waals surface area contributed by atoms with Gasteiger partial charge >= 0.3 is 0 Å². The number of aromatic nitrogens is 3. The van der Waals surface area contributed by atoms with Gasteiger partial charge in [-0.1, -0.05) is 17.3 Å². The quantitative estimate of drug-likeness (QED) is 0.716. The number of benzene rings is 1. The third-order valence-electron chi connectivity index (χ3n) is 2.86. The minimum absolute atomic E-state index is 0.285. The first-order chi connectivity index (χ1) is 9.67. The molecule has 0 N–H and O–H groups in total. The van der Waals surface area contributed by atoms with E-state index in [-0.39, 0.29) is 11.7 Å². The van der Waals surface area contributed by atoms with E-state index in [0.717, 1.165) is 0 Å². The fourth-order valence-corrected chi connectivity index (χ4v) is 1.91. The lowest BCUT2D eigenvalue weighted by Gasteiger charge is -1.95. The molecule has 1 aromatic carbocycles. The second kappa shape index (κ2) is 4.63. The van der Waals surface area contributed by atoms with Gasteiger partial charge in [-0.25, -0.2) is 4.39 Å². The minimum atomic E-state index is -0.362. The summed E-state index contributed by atoms with van der Waals surface area (Å²) < 4.78 is 20.1. The molecule has 0 unspecified atom stereocenters. The molecule has 0 spiro atoms. The van der Waals surface area contributed by atoms with Crippen molar-refractivity contribution in [3.63, 3.8) is 0 Å². The van der Waals surface area contributed by atoms with Crippen LogP contribution in [0.3, 0.4) is 0 Å². The van der Waals surface area contributed by atoms with Gasteiger partial charge in [0.2, 0.25) is 5.82 Å². The Morgan fingerprint density at radius 1 is 1.35 bits per heavy atom. The lowest BCUT2D eigenvalue weighted by Crippen LogP contribution is -1.89. The Hall–Kier alpha value is -2.94. The lowest BCUT2D eigenvalue weighted by atomic mass is 10.2. The molecule has 0 saturated heterocycles. The molecular weight excluding hydrogens is 259 g/mol. The molecule has 3 aromatic rings. The van der Waals surface area contributed by atoms with Crippen molar-refractivity contribution in [1.82, 2.24) is 14.7 Å². The Labute approximate surface area is 113 Å². The molecule has 0 radical (unpaired) electrons. The molecule has 5 nitrogen and oxygen atoms in total. The van der Waals surface area contributed by atoms with Gasteiger partial charge in [0, 0.05) is 18.8 Å². The van der Waals surface area contributed by atoms with E-state index in [1.165, 1.54) is 12.1 Å². The zero-order valence-corrected chi connectivity index (χ0v) is 10.5. The normalized spacial score (nSPS) is 10.4. The number of aryl methyl sites for hydroxylation is 1. The molecule has 0 aliphatic rings. The highest BCUT2D eigenvalue weighted by atomic mass is 19.1. The average molecular weight is 268 g/mol. The van der Waals surface area contributed by atoms with Crippen LogP contribution in [0, 0.1) is 17.1 Å². The van der Waals surface area contributed by atoms with Gasteiger partial charge in [-0.15, -0.1) is 0 Å². The number of nitrogens with zero attached hydrogens (tertiary/aromatic N) is 4. The van der Waals surface area contributed by atoms with Crippen LogP contribution in [0.5, 0.6) is 0 Å². The van der Waals surface area contributed by atoms with Crippen LogP contribution >= 0.6 is 0 Å². The first-order valence-corrected chi connectivity index (χ1v) is 5.84. The lowest BCUT2D eigenvalue weighted by molar-refractivity contribution is 0.429. The Morgan fingerprint density at radius 3 is 2.90 bits per heavy atom. The van der Waals surface area contributed by atoms with Crippen molar-refractivity contribution in [2.45, 2.75) is 0 Å². The van der Waals surface area contributed by atoms with Gasteiger partial charge in [0.25, 0.3) is 5.89 Å². The molecule has 20 heavy (non-hydrogen) atoms. The summed E-state index contributed by atoms with van der Waals surface area (Å²) in [6.45, 7) is 0. The van der Waals surface area contributed by atoms with Crippen molar-refractivity contribution in [3.8, 4) is 29.0 Å². The van der Waals surface area contributed by atoms with Crippen LogP contribution in [0.25, 0.3) is 23.0 Å². The predicted octanol–water partition coefficient (Wildman–Crippen LogP) is 2.75. The van der Waals surface area contributed by atoms with Crippen LogP contribution in [0.15, 0.2) is 41.1 Å². The first kappa shape index (κ1) is 12.1. The number of nitriles is 1. The highest BCUT2D eigenvalue weighted by Gasteiger charge is 2.14. The molecule has 2 aromatic heterocycles. The van der Waals surface area contributed by atoms with Gasteiger partial charge in [-0.3, -0.25) is 0 Å². The van der Waals surface area contributed by atoms with E-state index in [2.05, 4.69) is 10.1 Å². The summed E-state index contributed by atoms with van der Waals surface area (Å²) in [5.74, 6) is 0.229. The zero-order chi connectivity index (χ0) is 14.1. The van der Waals surface area contributed by atoms with Crippen LogP contribution in [-0.4, -0.2) is 14.7 Å². The third kappa shape index (κ3) is 2.06. The molecule has 98 valence electrons. The van der Waals surface area contributed by atoms with E-state index >= 15 is 0 Å². The maximum absolute atomic E-state index is 13.2. The molecule has 3 rings (SSSR count). The fourth-order valence-electron chi connectivity index (χ4n) is 1.91. The molecular formula is C14H9FN4O. The van der Waals surface area contributed by atoms with Gasteiger partial charge < -0.3 is 9.09 Å². The zero-order valence-electron chi connectivity index (χ0n) is 10.5. The van der Waals surface area contributed by atoms with Crippen LogP contribution in [-0.2, 0) is 7.05 Å². The molecule has 0 fully saturated rings. The van der Waals surface area contributed by atoms with Gasteiger partial charge in [-0.2, -0.15) is 10.2 Å². The van der Waals surface area contributed by atoms with E-state index in [1.807, 2.05) is 6.07 Å². The van der Waals surface area contributed by atoms with Crippen molar-refractivity contribution >= 4 is 0 Å². The van der Waals surface area contributed by atoms with Gasteiger partial charge in [0.05, 0.1) is 5.56 Å². The van der Waals surface area contributed by atoms with Gasteiger partial charge in [-0.05, 0) is 18.2 Å². The maximum Gasteiger partial charge on any atom is 0.274 e. The Kier molecular flexibility index (Phi) is 2.80. The smallest absolute Gasteiger partial charge is 0.274 e. The SMILES string of the molecule is Cn1cc(C#N)cc1-c1nc(-c2cccc(F)c2)no1. The highest BCUT2D eigenvalue weighted by molar-refractivity contribution is 5.59. The molecule has 0 bridgehead atoms. The van der Waals surface area contributed by atoms with Gasteiger partial charge in [0.15, 0.2) is 0 Å². The Balaban J connectivity index is 2.02. The fraction of sp³-hybridized carbons (Fsp3) is 0.0714. The molecule has 0 aliphatic heterocycles. The summed E-state index contributed by atoms with van der Waals surface area (Å²) in [7, 11) is 1.78. The predicted molar refractivity (Wildman–Crippen MR) is 68.8 cm³/mol. The van der Waals surface area contributed by atoms with Crippen molar-refractivity contribution < 1.29 is 8.91 Å². The highest BCUT2D eigenvalue weighted by Crippen LogP contribution is 2.23. The molecule has 0 saturated carbocycles. The van der Waals surface area contributed by atoms with Gasteiger partial charge in [0.1, 0.15) is 17.6 Å². The second-order valence-corrected chi connectivity index (χ2v) is 4.27. The number of halogens is 1. The summed E-state index contributed by atoms with van der Waals surface area (Å²) >= 11 is 0. The molecule has 0 atom stereocenters. The van der Waals surface area contributed by atoms with Crippen molar-refractivity contribution in [3.05, 3.63) is 47.9 Å². The van der Waals surface area contributed by atoms with Crippen molar-refractivity contribution in [1.29, 1.82) is 5.26 Å². The third-order valence-corrected chi connectivity index (χ3v) is 2.86. The number of rotatable bonds is 2. The largest absolute Gasteiger partial charge is 0.345 e. The molecule has 6 heteroatoms. The average Bonchev–Trinajstić information content (AvgIpc) is 3.05. The van der Waals surface area contributed by atoms with Crippen LogP contribution in [0.2, 0.25) is 0 Å². The van der Waals surface area contributed by atoms with E-state index in [0.29, 0.717) is 22.6 Å². The molecule has 0 aliphatic carbocycles. The topological polar surface area (TPSA) is 67.6 Å². The minimum Gasteiger partial charge on any atom is -0.345 e. The van der Waals surface area contributed by atoms with Crippen LogP contribution in [0.1, 0.15) is 5.56 Å². The monoisotopic (exact) mass is 268 g/mol. The summed E-state index contributed by atoms with van der Waals surface area (Å²) in [6.07, 6.45) is 1.67.